The number of anilines is 2. The first kappa shape index (κ1) is 25.7. The highest BCUT2D eigenvalue weighted by Crippen LogP contribution is 2.42. The average molecular weight is 537 g/mol. The zero-order chi connectivity index (χ0) is 26.7. The Morgan fingerprint density at radius 3 is 2.27 bits per heavy atom. The van der Waals surface area contributed by atoms with Crippen molar-refractivity contribution in [1.29, 1.82) is 0 Å². The molecule has 8 nitrogen and oxygen atoms in total. The number of hydrogen-bond acceptors (Lipinski definition) is 5. The quantitative estimate of drug-likeness (QED) is 0.276. The third-order valence-corrected chi connectivity index (χ3v) is 5.98. The first-order valence-electron chi connectivity index (χ1n) is 10.8. The van der Waals surface area contributed by atoms with Gasteiger partial charge in [0.05, 0.1) is 11.6 Å². The summed E-state index contributed by atoms with van der Waals surface area (Å²) in [6, 6.07) is 17.8. The lowest BCUT2D eigenvalue weighted by Crippen LogP contribution is -2.31. The number of carbonyl (C=O) groups excluding carboxylic acids is 3. The van der Waals surface area contributed by atoms with Crippen LogP contribution in [0.4, 0.5) is 11.4 Å². The molecule has 1 aliphatic rings. The Kier molecular flexibility index (Phi) is 7.42. The van der Waals surface area contributed by atoms with Crippen molar-refractivity contribution in [2.45, 2.75) is 6.04 Å². The Balaban J connectivity index is 1.75. The number of carbonyl (C=O) groups is 4. The molecular weight excluding hydrogens is 519 g/mol. The Morgan fingerprint density at radius 2 is 1.59 bits per heavy atom. The van der Waals surface area contributed by atoms with Crippen LogP contribution in [0, 0.1) is 0 Å². The smallest absolute Gasteiger partial charge is 0.328 e. The second-order valence-corrected chi connectivity index (χ2v) is 8.82. The van der Waals surface area contributed by atoms with Crippen LogP contribution in [0.1, 0.15) is 22.0 Å². The number of aliphatic carboxylic acids is 1. The van der Waals surface area contributed by atoms with Crippen LogP contribution in [0.5, 0.6) is 0 Å². The second kappa shape index (κ2) is 10.7. The maximum Gasteiger partial charge on any atom is 0.328 e. The lowest BCUT2D eigenvalue weighted by molar-refractivity contribution is -0.131. The van der Waals surface area contributed by atoms with Gasteiger partial charge in [-0.25, -0.2) is 4.79 Å². The summed E-state index contributed by atoms with van der Waals surface area (Å²) in [7, 11) is 0. The topological polar surface area (TPSA) is 124 Å². The molecule has 0 spiro atoms. The summed E-state index contributed by atoms with van der Waals surface area (Å²) < 4.78 is 0. The van der Waals surface area contributed by atoms with Gasteiger partial charge in [-0.1, -0.05) is 53.5 Å². The molecule has 1 atom stereocenters. The molecule has 4 rings (SSSR count). The van der Waals surface area contributed by atoms with Crippen molar-refractivity contribution >= 4 is 58.1 Å². The third kappa shape index (κ3) is 5.55. The number of carboxylic acids is 1. The number of aliphatic hydroxyl groups is 1. The number of nitrogens with one attached hydrogen (secondary N) is 1. The van der Waals surface area contributed by atoms with Crippen molar-refractivity contribution in [3.8, 4) is 0 Å². The molecule has 3 aromatic carbocycles. The van der Waals surface area contributed by atoms with E-state index in [0.717, 1.165) is 6.08 Å². The average Bonchev–Trinajstić information content (AvgIpc) is 3.13. The lowest BCUT2D eigenvalue weighted by Gasteiger charge is -2.27. The van der Waals surface area contributed by atoms with E-state index in [1.165, 1.54) is 29.2 Å². The van der Waals surface area contributed by atoms with Gasteiger partial charge in [0.25, 0.3) is 5.91 Å². The van der Waals surface area contributed by atoms with Crippen molar-refractivity contribution in [3.63, 3.8) is 0 Å². The van der Waals surface area contributed by atoms with Crippen molar-refractivity contribution in [1.82, 2.24) is 0 Å². The molecule has 0 saturated heterocycles. The van der Waals surface area contributed by atoms with Crippen molar-refractivity contribution in [2.75, 3.05) is 10.2 Å². The predicted molar refractivity (Wildman–Crippen MR) is 139 cm³/mol. The minimum Gasteiger partial charge on any atom is -0.503 e. The highest BCUT2D eigenvalue weighted by atomic mass is 35.5. The maximum absolute atomic E-state index is 13.7. The number of hydrogen-bond donors (Lipinski definition) is 3. The molecule has 0 bridgehead atoms. The van der Waals surface area contributed by atoms with E-state index in [0.29, 0.717) is 27.4 Å². The maximum atomic E-state index is 13.7. The Bertz CT molecular complexity index is 1480. The van der Waals surface area contributed by atoms with Gasteiger partial charge in [0.15, 0.2) is 11.5 Å². The lowest BCUT2D eigenvalue weighted by atomic mass is 9.92. The van der Waals surface area contributed by atoms with Gasteiger partial charge in [-0.3, -0.25) is 19.3 Å². The number of halogens is 2. The molecular formula is C27H18Cl2N2O6. The third-order valence-electron chi connectivity index (χ3n) is 5.49. The Labute approximate surface area is 221 Å². The highest BCUT2D eigenvalue weighted by Gasteiger charge is 2.44. The zero-order valence-corrected chi connectivity index (χ0v) is 20.4. The largest absolute Gasteiger partial charge is 0.503 e. The number of aliphatic hydroxyl groups excluding tert-OH is 1. The molecule has 1 unspecified atom stereocenters. The van der Waals surface area contributed by atoms with Gasteiger partial charge in [0, 0.05) is 39.1 Å². The molecule has 1 heterocycles. The van der Waals surface area contributed by atoms with Gasteiger partial charge in [0.1, 0.15) is 0 Å². The Hall–Kier alpha value is -4.40. The van der Waals surface area contributed by atoms with Crippen molar-refractivity contribution in [2.24, 2.45) is 0 Å². The molecule has 3 N–H and O–H groups in total. The fourth-order valence-corrected chi connectivity index (χ4v) is 4.23. The summed E-state index contributed by atoms with van der Waals surface area (Å²) in [5.41, 5.74) is 1.03. The normalized spacial score (nSPS) is 15.4. The molecule has 10 heteroatoms. The van der Waals surface area contributed by atoms with Crippen LogP contribution in [-0.2, 0) is 14.4 Å². The molecule has 3 aromatic rings. The first-order chi connectivity index (χ1) is 17.7. The Morgan fingerprint density at radius 1 is 0.892 bits per heavy atom. The SMILES string of the molecule is O=C(O)C=CC(=O)Nc1cccc(C(=O)C2=C(O)C(=O)N(c3cccc(Cl)c3)C2c2ccc(Cl)cc2)c1. The zero-order valence-electron chi connectivity index (χ0n) is 18.9. The van der Waals surface area contributed by atoms with Gasteiger partial charge in [0.2, 0.25) is 5.91 Å². The summed E-state index contributed by atoms with van der Waals surface area (Å²) in [4.78, 5) is 50.8. The summed E-state index contributed by atoms with van der Waals surface area (Å²) in [6.45, 7) is 0. The van der Waals surface area contributed by atoms with E-state index in [2.05, 4.69) is 5.32 Å². The van der Waals surface area contributed by atoms with Gasteiger partial charge in [-0.05, 0) is 48.0 Å². The van der Waals surface area contributed by atoms with E-state index in [1.807, 2.05) is 0 Å². The number of ketones is 1. The van der Waals surface area contributed by atoms with Crippen LogP contribution < -0.4 is 10.2 Å². The van der Waals surface area contributed by atoms with Crippen molar-refractivity contribution in [3.05, 3.63) is 117 Å². The van der Waals surface area contributed by atoms with Gasteiger partial charge in [-0.15, -0.1) is 0 Å². The monoisotopic (exact) mass is 536 g/mol. The molecule has 37 heavy (non-hydrogen) atoms. The minimum atomic E-state index is -1.29. The molecule has 0 fully saturated rings. The van der Waals surface area contributed by atoms with E-state index in [4.69, 9.17) is 28.3 Å². The van der Waals surface area contributed by atoms with Gasteiger partial charge >= 0.3 is 5.97 Å². The number of rotatable bonds is 7. The standard InChI is InChI=1S/C27H18Cl2N2O6/c28-17-9-7-15(8-10-17)24-23(26(36)27(37)31(24)20-6-2-4-18(29)14-20)25(35)16-3-1-5-19(13-16)30-21(32)11-12-22(33)34/h1-14,24,36H,(H,30,32)(H,33,34). The summed E-state index contributed by atoms with van der Waals surface area (Å²) >= 11 is 12.2. The summed E-state index contributed by atoms with van der Waals surface area (Å²) in [6.07, 6.45) is 1.51. The van der Waals surface area contributed by atoms with Gasteiger partial charge in [-0.2, -0.15) is 0 Å². The number of benzene rings is 3. The summed E-state index contributed by atoms with van der Waals surface area (Å²) in [5.74, 6) is -4.15. The van der Waals surface area contributed by atoms with E-state index in [-0.39, 0.29) is 16.8 Å². The number of carboxylic acid groups (broad SMARTS) is 1. The fourth-order valence-electron chi connectivity index (χ4n) is 3.91. The van der Waals surface area contributed by atoms with E-state index >= 15 is 0 Å². The molecule has 0 aliphatic carbocycles. The van der Waals surface area contributed by atoms with Gasteiger partial charge < -0.3 is 15.5 Å². The molecule has 2 amide bonds. The van der Waals surface area contributed by atoms with Crippen LogP contribution in [0.3, 0.4) is 0 Å². The van der Waals surface area contributed by atoms with Crippen LogP contribution in [0.15, 0.2) is 96.3 Å². The predicted octanol–water partition coefficient (Wildman–Crippen LogP) is 5.36. The summed E-state index contributed by atoms with van der Waals surface area (Å²) in [5, 5.41) is 22.8. The van der Waals surface area contributed by atoms with E-state index in [9.17, 15) is 24.3 Å². The van der Waals surface area contributed by atoms with E-state index in [1.54, 1.807) is 48.5 Å². The molecule has 0 saturated carbocycles. The number of Topliss-reactive ketones (excluding diaryl/α,β-unsaturated/α-hetero) is 1. The fraction of sp³-hybridized carbons (Fsp3) is 0.0370. The van der Waals surface area contributed by atoms with E-state index < -0.39 is 35.4 Å². The second-order valence-electron chi connectivity index (χ2n) is 7.94. The number of amides is 2. The molecule has 0 aromatic heterocycles. The minimum absolute atomic E-state index is 0.0845. The highest BCUT2D eigenvalue weighted by molar-refractivity contribution is 6.31. The van der Waals surface area contributed by atoms with Crippen LogP contribution in [0.25, 0.3) is 0 Å². The van der Waals surface area contributed by atoms with Crippen LogP contribution in [-0.4, -0.2) is 33.8 Å². The van der Waals surface area contributed by atoms with Crippen molar-refractivity contribution < 1.29 is 29.4 Å². The first-order valence-corrected chi connectivity index (χ1v) is 11.6. The van der Waals surface area contributed by atoms with Crippen LogP contribution in [0.2, 0.25) is 10.0 Å². The van der Waals surface area contributed by atoms with Crippen LogP contribution >= 0.6 is 23.2 Å². The molecule has 1 aliphatic heterocycles. The molecule has 0 radical (unpaired) electrons. The number of nitrogens with zero attached hydrogens (tertiary/aromatic N) is 1. The molecule has 186 valence electrons.